The number of aryl methyl sites for hydroxylation is 2. The van der Waals surface area contributed by atoms with E-state index in [0.29, 0.717) is 18.8 Å². The van der Waals surface area contributed by atoms with Crippen LogP contribution in [0.5, 0.6) is 0 Å². The first-order chi connectivity index (χ1) is 10.0. The van der Waals surface area contributed by atoms with Crippen molar-refractivity contribution in [2.24, 2.45) is 0 Å². The summed E-state index contributed by atoms with van der Waals surface area (Å²) in [6, 6.07) is 3.69. The van der Waals surface area contributed by atoms with Gasteiger partial charge in [-0.3, -0.25) is 13.9 Å². The van der Waals surface area contributed by atoms with Gasteiger partial charge < -0.3 is 5.32 Å². The average molecular weight is 375 g/mol. The quantitative estimate of drug-likeness (QED) is 0.817. The molecule has 1 heterocycles. The first kappa shape index (κ1) is 16.1. The molecule has 1 aromatic carbocycles. The summed E-state index contributed by atoms with van der Waals surface area (Å²) in [5, 5.41) is 2.81. The number of carbonyl (C=O) groups excluding carboxylic acids is 1. The van der Waals surface area contributed by atoms with Gasteiger partial charge in [-0.2, -0.15) is 0 Å². The van der Waals surface area contributed by atoms with Gasteiger partial charge in [-0.05, 0) is 41.9 Å². The van der Waals surface area contributed by atoms with Crippen LogP contribution in [-0.4, -0.2) is 20.9 Å². The predicted octanol–water partition coefficient (Wildman–Crippen LogP) is 3.17. The lowest BCUT2D eigenvalue weighted by Crippen LogP contribution is -2.23. The fraction of sp³-hybridized carbons (Fsp3) is 0.429. The van der Waals surface area contributed by atoms with Gasteiger partial charge in [-0.25, -0.2) is 4.79 Å². The maximum absolute atomic E-state index is 12.3. The molecule has 0 saturated heterocycles. The zero-order chi connectivity index (χ0) is 15.6. The van der Waals surface area contributed by atoms with Crippen molar-refractivity contribution in [3.8, 4) is 0 Å². The van der Waals surface area contributed by atoms with E-state index in [1.807, 2.05) is 26.0 Å². The summed E-state index contributed by atoms with van der Waals surface area (Å²) in [6.45, 7) is 5.05. The molecule has 114 valence electrons. The second kappa shape index (κ2) is 6.66. The third-order valence-electron chi connectivity index (χ3n) is 3.34. The van der Waals surface area contributed by atoms with E-state index in [-0.39, 0.29) is 23.9 Å². The van der Waals surface area contributed by atoms with Gasteiger partial charge in [-0.1, -0.05) is 0 Å². The molecule has 0 aliphatic heterocycles. The zero-order valence-electron chi connectivity index (χ0n) is 11.9. The second-order valence-electron chi connectivity index (χ2n) is 4.58. The molecule has 1 amide bonds. The highest BCUT2D eigenvalue weighted by Crippen LogP contribution is 2.28. The summed E-state index contributed by atoms with van der Waals surface area (Å²) in [4.78, 5) is 24.0. The van der Waals surface area contributed by atoms with E-state index in [9.17, 15) is 9.59 Å². The number of nitrogens with one attached hydrogen (secondary N) is 1. The fourth-order valence-corrected chi connectivity index (χ4v) is 2.94. The minimum Gasteiger partial charge on any atom is -0.325 e. The number of nitrogens with zero attached hydrogens (tertiary/aromatic N) is 2. The van der Waals surface area contributed by atoms with Crippen molar-refractivity contribution >= 4 is 50.2 Å². The Labute approximate surface area is 136 Å². The van der Waals surface area contributed by atoms with Crippen molar-refractivity contribution < 1.29 is 4.79 Å². The largest absolute Gasteiger partial charge is 0.329 e. The number of fused-ring (bicyclic) bond motifs is 1. The molecule has 2 rings (SSSR count). The topological polar surface area (TPSA) is 56.0 Å². The standard InChI is InChI=1S/C14H17BrClN3O2/c1-3-18-11-7-9(15)10(17-13(20)5-6-16)8-12(11)19(4-2)14(18)21/h7-8H,3-6H2,1-2H3,(H,17,20). The lowest BCUT2D eigenvalue weighted by atomic mass is 10.2. The van der Waals surface area contributed by atoms with Gasteiger partial charge in [-0.15, -0.1) is 11.6 Å². The molecular weight excluding hydrogens is 358 g/mol. The minimum atomic E-state index is -0.148. The summed E-state index contributed by atoms with van der Waals surface area (Å²) >= 11 is 9.01. The highest BCUT2D eigenvalue weighted by atomic mass is 79.9. The molecular formula is C14H17BrClN3O2. The maximum Gasteiger partial charge on any atom is 0.329 e. The van der Waals surface area contributed by atoms with Crippen molar-refractivity contribution in [1.82, 2.24) is 9.13 Å². The maximum atomic E-state index is 12.3. The molecule has 0 unspecified atom stereocenters. The summed E-state index contributed by atoms with van der Waals surface area (Å²) in [5.74, 6) is 0.128. The number of hydrogen-bond acceptors (Lipinski definition) is 2. The number of carbonyl (C=O) groups is 1. The summed E-state index contributed by atoms with van der Waals surface area (Å²) in [7, 11) is 0. The highest BCUT2D eigenvalue weighted by Gasteiger charge is 2.14. The number of alkyl halides is 1. The number of rotatable bonds is 5. The molecule has 2 aromatic rings. The van der Waals surface area contributed by atoms with Gasteiger partial charge in [0.15, 0.2) is 0 Å². The molecule has 0 atom stereocenters. The van der Waals surface area contributed by atoms with Gasteiger partial charge in [0.2, 0.25) is 5.91 Å². The van der Waals surface area contributed by atoms with E-state index in [2.05, 4.69) is 21.2 Å². The van der Waals surface area contributed by atoms with Gasteiger partial charge in [0, 0.05) is 29.9 Å². The molecule has 0 aliphatic rings. The van der Waals surface area contributed by atoms with E-state index in [1.54, 1.807) is 9.13 Å². The van der Waals surface area contributed by atoms with E-state index < -0.39 is 0 Å². The lowest BCUT2D eigenvalue weighted by Gasteiger charge is -2.08. The van der Waals surface area contributed by atoms with Crippen LogP contribution in [0.1, 0.15) is 20.3 Å². The van der Waals surface area contributed by atoms with Crippen molar-refractivity contribution in [3.63, 3.8) is 0 Å². The van der Waals surface area contributed by atoms with Crippen molar-refractivity contribution in [3.05, 3.63) is 27.1 Å². The molecule has 0 bridgehead atoms. The van der Waals surface area contributed by atoms with Crippen molar-refractivity contribution in [2.75, 3.05) is 11.2 Å². The van der Waals surface area contributed by atoms with E-state index in [4.69, 9.17) is 11.6 Å². The number of imidazole rings is 1. The van der Waals surface area contributed by atoms with Gasteiger partial charge in [0.05, 0.1) is 16.7 Å². The molecule has 0 fully saturated rings. The van der Waals surface area contributed by atoms with E-state index in [1.165, 1.54) is 0 Å². The number of halogens is 2. The number of benzene rings is 1. The highest BCUT2D eigenvalue weighted by molar-refractivity contribution is 9.10. The molecule has 5 nitrogen and oxygen atoms in total. The van der Waals surface area contributed by atoms with Crippen LogP contribution in [0.25, 0.3) is 11.0 Å². The average Bonchev–Trinajstić information content (AvgIpc) is 2.70. The Morgan fingerprint density at radius 2 is 1.81 bits per heavy atom. The van der Waals surface area contributed by atoms with Crippen LogP contribution >= 0.6 is 27.5 Å². The number of anilines is 1. The Hall–Kier alpha value is -1.27. The van der Waals surface area contributed by atoms with Crippen LogP contribution in [0.4, 0.5) is 5.69 Å². The van der Waals surface area contributed by atoms with Crippen LogP contribution in [0.3, 0.4) is 0 Å². The van der Waals surface area contributed by atoms with Crippen LogP contribution in [0.2, 0.25) is 0 Å². The Bertz CT molecular complexity index is 736. The third-order valence-corrected chi connectivity index (χ3v) is 4.18. The fourth-order valence-electron chi connectivity index (χ4n) is 2.34. The van der Waals surface area contributed by atoms with Gasteiger partial charge in [0.25, 0.3) is 0 Å². The number of aromatic nitrogens is 2. The van der Waals surface area contributed by atoms with Gasteiger partial charge >= 0.3 is 5.69 Å². The molecule has 1 N–H and O–H groups in total. The Balaban J connectivity index is 2.59. The summed E-state index contributed by atoms with van der Waals surface area (Å²) in [5.41, 5.74) is 2.28. The van der Waals surface area contributed by atoms with Crippen LogP contribution in [0, 0.1) is 0 Å². The zero-order valence-corrected chi connectivity index (χ0v) is 14.3. The summed E-state index contributed by atoms with van der Waals surface area (Å²) < 4.78 is 4.16. The molecule has 0 spiro atoms. The minimum absolute atomic E-state index is 0.0360. The van der Waals surface area contributed by atoms with Crippen LogP contribution in [0.15, 0.2) is 21.4 Å². The smallest absolute Gasteiger partial charge is 0.325 e. The molecule has 0 saturated carbocycles. The molecule has 1 aromatic heterocycles. The molecule has 0 radical (unpaired) electrons. The lowest BCUT2D eigenvalue weighted by molar-refractivity contribution is -0.115. The number of hydrogen-bond donors (Lipinski definition) is 1. The SMILES string of the molecule is CCn1c(=O)n(CC)c2cc(NC(=O)CCCl)c(Br)cc21. The Morgan fingerprint density at radius 1 is 1.24 bits per heavy atom. The monoisotopic (exact) mass is 373 g/mol. The Morgan fingerprint density at radius 3 is 2.33 bits per heavy atom. The molecule has 0 aliphatic carbocycles. The molecule has 7 heteroatoms. The third kappa shape index (κ3) is 3.01. The Kier molecular flexibility index (Phi) is 5.11. The van der Waals surface area contributed by atoms with E-state index >= 15 is 0 Å². The van der Waals surface area contributed by atoms with Crippen LogP contribution < -0.4 is 11.0 Å². The van der Waals surface area contributed by atoms with Gasteiger partial charge in [0.1, 0.15) is 0 Å². The number of amides is 1. The predicted molar refractivity (Wildman–Crippen MR) is 89.2 cm³/mol. The normalized spacial score (nSPS) is 11.0. The molecule has 21 heavy (non-hydrogen) atoms. The van der Waals surface area contributed by atoms with Crippen molar-refractivity contribution in [1.29, 1.82) is 0 Å². The first-order valence-electron chi connectivity index (χ1n) is 6.81. The van der Waals surface area contributed by atoms with E-state index in [0.717, 1.165) is 15.5 Å². The van der Waals surface area contributed by atoms with Crippen LogP contribution in [-0.2, 0) is 17.9 Å². The second-order valence-corrected chi connectivity index (χ2v) is 5.81. The first-order valence-corrected chi connectivity index (χ1v) is 8.14. The summed E-state index contributed by atoms with van der Waals surface area (Å²) in [6.07, 6.45) is 0.253. The van der Waals surface area contributed by atoms with Crippen molar-refractivity contribution in [2.45, 2.75) is 33.4 Å².